The Morgan fingerprint density at radius 2 is 1.90 bits per heavy atom. The van der Waals surface area contributed by atoms with Gasteiger partial charge in [-0.1, -0.05) is 12.1 Å². The molecule has 1 unspecified atom stereocenters. The maximum absolute atomic E-state index is 12.9. The van der Waals surface area contributed by atoms with Gasteiger partial charge in [-0.25, -0.2) is 0 Å². The van der Waals surface area contributed by atoms with Crippen molar-refractivity contribution < 1.29 is 24.5 Å². The van der Waals surface area contributed by atoms with Crippen LogP contribution in [0.1, 0.15) is 34.3 Å². The van der Waals surface area contributed by atoms with Gasteiger partial charge in [0, 0.05) is 36.2 Å². The van der Waals surface area contributed by atoms with Crippen molar-refractivity contribution >= 4 is 18.3 Å². The summed E-state index contributed by atoms with van der Waals surface area (Å²) in [7, 11) is 0. The third kappa shape index (κ3) is 4.80. The van der Waals surface area contributed by atoms with E-state index in [0.29, 0.717) is 37.6 Å². The molecule has 0 radical (unpaired) electrons. The maximum atomic E-state index is 12.9. The average Bonchev–Trinajstić information content (AvgIpc) is 3.15. The molecule has 4 rings (SSSR count). The topological polar surface area (TPSA) is 105 Å². The Morgan fingerprint density at radius 3 is 2.55 bits per heavy atom. The Bertz CT molecular complexity index is 897. The smallest absolute Gasteiger partial charge is 0.253 e. The van der Waals surface area contributed by atoms with Crippen molar-refractivity contribution in [3.05, 3.63) is 59.2 Å². The number of rotatable bonds is 6. The second-order valence-corrected chi connectivity index (χ2v) is 8.07. The van der Waals surface area contributed by atoms with Crippen LogP contribution in [0.3, 0.4) is 0 Å². The van der Waals surface area contributed by atoms with Gasteiger partial charge in [0.15, 0.2) is 0 Å². The summed E-state index contributed by atoms with van der Waals surface area (Å²) in [4.78, 5) is 14.8. The molecule has 7 nitrogen and oxygen atoms in total. The minimum atomic E-state index is -0.919. The van der Waals surface area contributed by atoms with Crippen LogP contribution < -0.4 is 15.2 Å². The van der Waals surface area contributed by atoms with Crippen LogP contribution in [-0.4, -0.2) is 60.0 Å². The zero-order valence-corrected chi connectivity index (χ0v) is 18.1. The normalized spacial score (nSPS) is 17.5. The van der Waals surface area contributed by atoms with Gasteiger partial charge in [0.25, 0.3) is 5.91 Å². The van der Waals surface area contributed by atoms with Gasteiger partial charge >= 0.3 is 0 Å². The fourth-order valence-corrected chi connectivity index (χ4v) is 4.21. The number of nitrogens with two attached hydrogens (primary N) is 1. The first-order valence-corrected chi connectivity index (χ1v) is 10.3. The molecule has 0 aliphatic carbocycles. The van der Waals surface area contributed by atoms with E-state index in [9.17, 15) is 9.90 Å². The molecule has 1 saturated heterocycles. The van der Waals surface area contributed by atoms with E-state index in [0.717, 1.165) is 24.2 Å². The molecule has 2 aliphatic rings. The van der Waals surface area contributed by atoms with Crippen LogP contribution in [0.5, 0.6) is 11.5 Å². The summed E-state index contributed by atoms with van der Waals surface area (Å²) in [6.07, 6.45) is 0.803. The monoisotopic (exact) mass is 448 g/mol. The molecule has 2 aromatic rings. The van der Waals surface area contributed by atoms with E-state index in [1.54, 1.807) is 24.3 Å². The van der Waals surface area contributed by atoms with Gasteiger partial charge in [0.1, 0.15) is 24.2 Å². The van der Waals surface area contributed by atoms with E-state index in [-0.39, 0.29) is 36.9 Å². The summed E-state index contributed by atoms with van der Waals surface area (Å²) in [5.74, 6) is 1.49. The highest BCUT2D eigenvalue weighted by Crippen LogP contribution is 2.46. The standard InChI is InChI=1S/C23H28N2O5.ClH/c24-12-16-1-6-21-20(11-16)23(15-30-21)7-9-25(10-8-23)22(28)17-2-4-19(5-3-17)29-14-18(27)13-26;/h1-6,11,18,26-27H,7-10,12-15,24H2;1H. The number of fused-ring (bicyclic) bond motifs is 2. The van der Waals surface area contributed by atoms with Crippen molar-refractivity contribution in [2.45, 2.75) is 30.9 Å². The summed E-state index contributed by atoms with van der Waals surface area (Å²) in [6, 6.07) is 13.0. The predicted octanol–water partition coefficient (Wildman–Crippen LogP) is 1.87. The SMILES string of the molecule is Cl.NCc1ccc2c(c1)C1(CCN(C(=O)c3ccc(OCC(O)CO)cc3)CC1)CO2. The molecule has 2 aromatic carbocycles. The van der Waals surface area contributed by atoms with E-state index in [4.69, 9.17) is 20.3 Å². The van der Waals surface area contributed by atoms with Gasteiger partial charge in [-0.05, 0) is 48.7 Å². The molecular weight excluding hydrogens is 420 g/mol. The molecule has 8 heteroatoms. The maximum Gasteiger partial charge on any atom is 0.253 e. The van der Waals surface area contributed by atoms with Crippen LogP contribution in [0.25, 0.3) is 0 Å². The number of carbonyl (C=O) groups is 1. The Balaban J connectivity index is 0.00000272. The molecule has 2 heterocycles. The van der Waals surface area contributed by atoms with Crippen molar-refractivity contribution in [2.24, 2.45) is 5.73 Å². The lowest BCUT2D eigenvalue weighted by Crippen LogP contribution is -2.46. The summed E-state index contributed by atoms with van der Waals surface area (Å²) in [6.45, 7) is 2.17. The van der Waals surface area contributed by atoms with Gasteiger partial charge in [-0.2, -0.15) is 0 Å². The first-order valence-electron chi connectivity index (χ1n) is 10.3. The Morgan fingerprint density at radius 1 is 1.19 bits per heavy atom. The van der Waals surface area contributed by atoms with Crippen LogP contribution in [0.4, 0.5) is 0 Å². The highest BCUT2D eigenvalue weighted by atomic mass is 35.5. The quantitative estimate of drug-likeness (QED) is 0.623. The number of ether oxygens (including phenoxy) is 2. The van der Waals surface area contributed by atoms with E-state index in [2.05, 4.69) is 6.07 Å². The lowest BCUT2D eigenvalue weighted by atomic mass is 9.74. The molecular formula is C23H29ClN2O5. The van der Waals surface area contributed by atoms with Crippen molar-refractivity contribution in [1.82, 2.24) is 4.90 Å². The second kappa shape index (κ2) is 9.87. The zero-order valence-electron chi connectivity index (χ0n) is 17.3. The largest absolute Gasteiger partial charge is 0.492 e. The third-order valence-corrected chi connectivity index (χ3v) is 6.12. The molecule has 0 bridgehead atoms. The van der Waals surface area contributed by atoms with Crippen LogP contribution in [-0.2, 0) is 12.0 Å². The number of halogens is 1. The molecule has 1 fully saturated rings. The lowest BCUT2D eigenvalue weighted by molar-refractivity contribution is 0.0535. The third-order valence-electron chi connectivity index (χ3n) is 6.12. The zero-order chi connectivity index (χ0) is 21.1. The molecule has 0 saturated carbocycles. The van der Waals surface area contributed by atoms with Gasteiger partial charge in [-0.15, -0.1) is 12.4 Å². The Labute approximate surface area is 188 Å². The van der Waals surface area contributed by atoms with Crippen molar-refractivity contribution in [2.75, 3.05) is 32.9 Å². The number of benzene rings is 2. The van der Waals surface area contributed by atoms with Gasteiger partial charge < -0.3 is 30.3 Å². The lowest BCUT2D eigenvalue weighted by Gasteiger charge is -2.38. The van der Waals surface area contributed by atoms with Crippen molar-refractivity contribution in [3.8, 4) is 11.5 Å². The average molecular weight is 449 g/mol. The molecule has 168 valence electrons. The van der Waals surface area contributed by atoms with Crippen LogP contribution >= 0.6 is 12.4 Å². The Kier molecular flexibility index (Phi) is 7.43. The Hall–Kier alpha value is -2.32. The number of likely N-dealkylation sites (tertiary alicyclic amines) is 1. The van der Waals surface area contributed by atoms with Crippen LogP contribution in [0.2, 0.25) is 0 Å². The predicted molar refractivity (Wildman–Crippen MR) is 119 cm³/mol. The number of aliphatic hydroxyl groups excluding tert-OH is 2. The number of piperidine rings is 1. The summed E-state index contributed by atoms with van der Waals surface area (Å²) in [5.41, 5.74) is 8.71. The van der Waals surface area contributed by atoms with Gasteiger partial charge in [-0.3, -0.25) is 4.79 Å². The fourth-order valence-electron chi connectivity index (χ4n) is 4.21. The van der Waals surface area contributed by atoms with Gasteiger partial charge in [0.05, 0.1) is 13.2 Å². The highest BCUT2D eigenvalue weighted by Gasteiger charge is 2.43. The first-order chi connectivity index (χ1) is 14.5. The summed E-state index contributed by atoms with van der Waals surface area (Å²) < 4.78 is 11.3. The van der Waals surface area contributed by atoms with Crippen molar-refractivity contribution in [1.29, 1.82) is 0 Å². The number of nitrogens with zero attached hydrogens (tertiary/aromatic N) is 1. The van der Waals surface area contributed by atoms with E-state index < -0.39 is 6.10 Å². The summed E-state index contributed by atoms with van der Waals surface area (Å²) >= 11 is 0. The van der Waals surface area contributed by atoms with Crippen LogP contribution in [0, 0.1) is 0 Å². The molecule has 1 spiro atoms. The molecule has 0 aromatic heterocycles. The second-order valence-electron chi connectivity index (χ2n) is 8.07. The number of aliphatic hydroxyl groups is 2. The number of carbonyl (C=O) groups excluding carboxylic acids is 1. The molecule has 1 amide bonds. The molecule has 31 heavy (non-hydrogen) atoms. The first kappa shape index (κ1) is 23.3. The molecule has 4 N–H and O–H groups in total. The van der Waals surface area contributed by atoms with E-state index >= 15 is 0 Å². The van der Waals surface area contributed by atoms with E-state index in [1.807, 2.05) is 17.0 Å². The van der Waals surface area contributed by atoms with Crippen LogP contribution in [0.15, 0.2) is 42.5 Å². The van der Waals surface area contributed by atoms with E-state index in [1.165, 1.54) is 5.56 Å². The highest BCUT2D eigenvalue weighted by molar-refractivity contribution is 5.94. The number of amides is 1. The molecule has 2 aliphatic heterocycles. The summed E-state index contributed by atoms with van der Waals surface area (Å²) in [5, 5.41) is 18.2. The number of hydrogen-bond acceptors (Lipinski definition) is 6. The van der Waals surface area contributed by atoms with Gasteiger partial charge in [0.2, 0.25) is 0 Å². The minimum Gasteiger partial charge on any atom is -0.492 e. The fraction of sp³-hybridized carbons (Fsp3) is 0.435. The number of hydrogen-bond donors (Lipinski definition) is 3. The molecule has 1 atom stereocenters. The van der Waals surface area contributed by atoms with Crippen molar-refractivity contribution in [3.63, 3.8) is 0 Å². The minimum absolute atomic E-state index is 0.